The summed E-state index contributed by atoms with van der Waals surface area (Å²) in [4.78, 5) is 41.2. The number of nitrogens with zero attached hydrogens (tertiary/aromatic N) is 1. The number of aromatic nitrogens is 1. The topological polar surface area (TPSA) is 111 Å². The van der Waals surface area contributed by atoms with Gasteiger partial charge in [0.25, 0.3) is 5.91 Å². The highest BCUT2D eigenvalue weighted by Crippen LogP contribution is 2.18. The van der Waals surface area contributed by atoms with Crippen molar-refractivity contribution in [2.45, 2.75) is 97.4 Å². The molecule has 0 bridgehead atoms. The molecule has 0 spiro atoms. The highest BCUT2D eigenvalue weighted by Gasteiger charge is 2.37. The third kappa shape index (κ3) is 8.97. The highest BCUT2D eigenvalue weighted by atomic mass is 16.5. The number of unbranched alkanes of at least 4 members (excludes halogenated alkanes) is 9. The minimum atomic E-state index is -1.26. The van der Waals surface area contributed by atoms with E-state index in [1.54, 1.807) is 26.8 Å². The van der Waals surface area contributed by atoms with E-state index in [0.717, 1.165) is 19.3 Å². The Kier molecular flexibility index (Phi) is 12.6. The van der Waals surface area contributed by atoms with Gasteiger partial charge in [0.15, 0.2) is 0 Å². The third-order valence-electron chi connectivity index (χ3n) is 6.01. The van der Waals surface area contributed by atoms with Crippen LogP contribution in [0.3, 0.4) is 0 Å². The number of hydrogen-bond acceptors (Lipinski definition) is 5. The predicted octanol–water partition coefficient (Wildman–Crippen LogP) is 4.79. The van der Waals surface area contributed by atoms with E-state index >= 15 is 0 Å². The van der Waals surface area contributed by atoms with Crippen LogP contribution in [-0.2, 0) is 9.53 Å². The van der Waals surface area contributed by atoms with Crippen molar-refractivity contribution in [3.63, 3.8) is 0 Å². The number of ether oxygens (including phenoxy) is 1. The number of carbonyl (C=O) groups excluding carboxylic acids is 3. The maximum Gasteiger partial charge on any atom is 0.340 e. The Morgan fingerprint density at radius 1 is 1.03 bits per heavy atom. The molecule has 0 radical (unpaired) electrons. The van der Waals surface area contributed by atoms with Crippen LogP contribution in [-0.4, -0.2) is 34.9 Å². The normalized spacial score (nSPS) is 12.9. The Hall–Kier alpha value is -2.44. The number of carbonyl (C=O) groups is 3. The number of primary amides is 1. The van der Waals surface area contributed by atoms with E-state index in [-0.39, 0.29) is 17.2 Å². The predicted molar refractivity (Wildman–Crippen MR) is 126 cm³/mol. The van der Waals surface area contributed by atoms with Crippen LogP contribution in [0.25, 0.3) is 0 Å². The molecule has 0 saturated heterocycles. The van der Waals surface area contributed by atoms with Crippen molar-refractivity contribution in [2.24, 2.45) is 11.7 Å². The summed E-state index contributed by atoms with van der Waals surface area (Å²) in [7, 11) is 0. The van der Waals surface area contributed by atoms with Crippen LogP contribution in [0.5, 0.6) is 0 Å². The Morgan fingerprint density at radius 3 is 2.12 bits per heavy atom. The molecule has 1 unspecified atom stereocenters. The summed E-state index contributed by atoms with van der Waals surface area (Å²) >= 11 is 0. The van der Waals surface area contributed by atoms with E-state index in [2.05, 4.69) is 17.2 Å². The zero-order chi connectivity index (χ0) is 24.0. The van der Waals surface area contributed by atoms with Gasteiger partial charge in [-0.15, -0.1) is 0 Å². The van der Waals surface area contributed by atoms with Gasteiger partial charge in [-0.25, -0.2) is 4.79 Å². The maximum atomic E-state index is 12.8. The lowest BCUT2D eigenvalue weighted by Crippen LogP contribution is -2.58. The number of hydrogen-bond donors (Lipinski definition) is 2. The summed E-state index contributed by atoms with van der Waals surface area (Å²) in [5, 5.41) is 2.63. The molecular formula is C25H41N3O4. The zero-order valence-electron chi connectivity index (χ0n) is 20.2. The molecule has 7 nitrogen and oxygen atoms in total. The molecule has 1 aromatic heterocycles. The SMILES string of the molecule is CCCCCCCCCCCCOC(=O)c1cccnc1C(=O)NC(C)(C(N)=O)C(C)C. The van der Waals surface area contributed by atoms with Gasteiger partial charge in [0.2, 0.25) is 5.91 Å². The molecule has 1 heterocycles. The monoisotopic (exact) mass is 447 g/mol. The van der Waals surface area contributed by atoms with Crippen molar-refractivity contribution in [3.05, 3.63) is 29.6 Å². The van der Waals surface area contributed by atoms with E-state index in [1.165, 1.54) is 57.2 Å². The van der Waals surface area contributed by atoms with Crippen LogP contribution in [0.2, 0.25) is 0 Å². The lowest BCUT2D eigenvalue weighted by molar-refractivity contribution is -0.125. The standard InChI is InChI=1S/C25H41N3O4/c1-5-6-7-8-9-10-11-12-13-14-18-32-23(30)20-16-15-17-27-21(20)22(29)28-25(4,19(2)3)24(26)31/h15-17,19H,5-14,18H2,1-4H3,(H2,26,31)(H,28,29). The van der Waals surface area contributed by atoms with E-state index < -0.39 is 23.3 Å². The minimum absolute atomic E-state index is 0.0753. The van der Waals surface area contributed by atoms with Gasteiger partial charge in [-0.3, -0.25) is 14.6 Å². The van der Waals surface area contributed by atoms with Gasteiger partial charge in [-0.05, 0) is 31.4 Å². The van der Waals surface area contributed by atoms with Crippen LogP contribution in [0.4, 0.5) is 0 Å². The molecule has 0 aliphatic carbocycles. The fourth-order valence-corrected chi connectivity index (χ4v) is 3.37. The minimum Gasteiger partial charge on any atom is -0.462 e. The van der Waals surface area contributed by atoms with Crippen LogP contribution in [0, 0.1) is 5.92 Å². The van der Waals surface area contributed by atoms with Crippen molar-refractivity contribution >= 4 is 17.8 Å². The van der Waals surface area contributed by atoms with Crippen molar-refractivity contribution < 1.29 is 19.1 Å². The quantitative estimate of drug-likeness (QED) is 0.279. The summed E-state index contributed by atoms with van der Waals surface area (Å²) in [5.41, 5.74) is 4.23. The van der Waals surface area contributed by atoms with Crippen molar-refractivity contribution in [1.29, 1.82) is 0 Å². The van der Waals surface area contributed by atoms with E-state index in [1.807, 2.05) is 0 Å². The summed E-state index contributed by atoms with van der Waals surface area (Å²) in [6.07, 6.45) is 13.4. The number of pyridine rings is 1. The summed E-state index contributed by atoms with van der Waals surface area (Å²) < 4.78 is 5.37. The van der Waals surface area contributed by atoms with E-state index in [0.29, 0.717) is 6.61 Å². The Balaban J connectivity index is 2.48. The largest absolute Gasteiger partial charge is 0.462 e. The van der Waals surface area contributed by atoms with Crippen LogP contribution in [0.15, 0.2) is 18.3 Å². The smallest absolute Gasteiger partial charge is 0.340 e. The molecule has 1 rings (SSSR count). The molecule has 180 valence electrons. The average molecular weight is 448 g/mol. The number of amides is 2. The van der Waals surface area contributed by atoms with Gasteiger partial charge >= 0.3 is 5.97 Å². The summed E-state index contributed by atoms with van der Waals surface area (Å²) in [6, 6.07) is 3.07. The van der Waals surface area contributed by atoms with Gasteiger partial charge in [-0.1, -0.05) is 78.6 Å². The molecule has 32 heavy (non-hydrogen) atoms. The number of rotatable bonds is 16. The first-order chi connectivity index (χ1) is 15.2. The van der Waals surface area contributed by atoms with Gasteiger partial charge < -0.3 is 15.8 Å². The second kappa shape index (κ2) is 14.6. The molecule has 0 aliphatic rings. The molecule has 0 fully saturated rings. The Bertz CT molecular complexity index is 736. The molecule has 0 saturated carbocycles. The van der Waals surface area contributed by atoms with Crippen LogP contribution < -0.4 is 11.1 Å². The number of nitrogens with one attached hydrogen (secondary N) is 1. The van der Waals surface area contributed by atoms with Crippen molar-refractivity contribution in [1.82, 2.24) is 10.3 Å². The fourth-order valence-electron chi connectivity index (χ4n) is 3.37. The maximum absolute atomic E-state index is 12.8. The third-order valence-corrected chi connectivity index (χ3v) is 6.01. The first kappa shape index (κ1) is 27.6. The summed E-state index contributed by atoms with van der Waals surface area (Å²) in [6.45, 7) is 7.65. The Labute approximate surface area is 192 Å². The molecule has 1 aromatic rings. The van der Waals surface area contributed by atoms with Gasteiger partial charge in [0.1, 0.15) is 11.2 Å². The van der Waals surface area contributed by atoms with Crippen molar-refractivity contribution in [3.8, 4) is 0 Å². The van der Waals surface area contributed by atoms with E-state index in [9.17, 15) is 14.4 Å². The second-order valence-electron chi connectivity index (χ2n) is 8.89. The average Bonchev–Trinajstić information content (AvgIpc) is 2.76. The highest BCUT2D eigenvalue weighted by molar-refractivity contribution is 6.05. The van der Waals surface area contributed by atoms with E-state index in [4.69, 9.17) is 10.5 Å². The molecule has 1 atom stereocenters. The second-order valence-corrected chi connectivity index (χ2v) is 8.89. The fraction of sp³-hybridized carbons (Fsp3) is 0.680. The first-order valence-electron chi connectivity index (χ1n) is 12.0. The molecule has 3 N–H and O–H groups in total. The van der Waals surface area contributed by atoms with Gasteiger partial charge in [-0.2, -0.15) is 0 Å². The lowest BCUT2D eigenvalue weighted by Gasteiger charge is -2.31. The van der Waals surface area contributed by atoms with Crippen molar-refractivity contribution in [2.75, 3.05) is 6.61 Å². The lowest BCUT2D eigenvalue weighted by atomic mass is 9.87. The van der Waals surface area contributed by atoms with Crippen LogP contribution in [0.1, 0.15) is 113 Å². The molecular weight excluding hydrogens is 406 g/mol. The molecule has 2 amide bonds. The molecule has 0 aliphatic heterocycles. The zero-order valence-corrected chi connectivity index (χ0v) is 20.2. The number of esters is 1. The molecule has 7 heteroatoms. The first-order valence-corrected chi connectivity index (χ1v) is 12.0. The Morgan fingerprint density at radius 2 is 1.59 bits per heavy atom. The molecule has 0 aromatic carbocycles. The number of nitrogens with two attached hydrogens (primary N) is 1. The van der Waals surface area contributed by atoms with Gasteiger partial charge in [0.05, 0.1) is 12.2 Å². The van der Waals surface area contributed by atoms with Crippen LogP contribution >= 0.6 is 0 Å². The summed E-state index contributed by atoms with van der Waals surface area (Å²) in [5.74, 6) is -2.11. The van der Waals surface area contributed by atoms with Gasteiger partial charge in [0, 0.05) is 6.20 Å².